The molecular formula is C21H18N2O3S. The normalized spacial score (nSPS) is 14.5. The van der Waals surface area contributed by atoms with Crippen molar-refractivity contribution in [3.8, 4) is 0 Å². The van der Waals surface area contributed by atoms with Gasteiger partial charge in [0.05, 0.1) is 10.2 Å². The van der Waals surface area contributed by atoms with Crippen molar-refractivity contribution >= 4 is 45.2 Å². The molecular weight excluding hydrogens is 360 g/mol. The van der Waals surface area contributed by atoms with Gasteiger partial charge >= 0.3 is 5.97 Å². The monoisotopic (exact) mass is 378 g/mol. The van der Waals surface area contributed by atoms with E-state index in [1.165, 1.54) is 17.4 Å². The number of hydrogen-bond donors (Lipinski definition) is 0. The standard InChI is InChI=1S/C21H18N2O3S/c1-14(21(25)23-13-12-15-6-2-4-8-17(15)23)26-20(24)11-10-19-22-16-7-3-5-9-18(16)27-19/h2-11,14H,12-13H2,1H3/b11-10+/t14-/m1/s1. The highest BCUT2D eigenvalue weighted by Gasteiger charge is 2.29. The first-order valence-electron chi connectivity index (χ1n) is 8.75. The predicted molar refractivity (Wildman–Crippen MR) is 107 cm³/mol. The van der Waals surface area contributed by atoms with Gasteiger partial charge in [-0.15, -0.1) is 11.3 Å². The van der Waals surface area contributed by atoms with Crippen molar-refractivity contribution < 1.29 is 14.3 Å². The first kappa shape index (κ1) is 17.4. The average Bonchev–Trinajstić information content (AvgIpc) is 3.29. The van der Waals surface area contributed by atoms with E-state index in [0.29, 0.717) is 6.54 Å². The molecule has 0 bridgehead atoms. The van der Waals surface area contributed by atoms with Gasteiger partial charge in [0.25, 0.3) is 5.91 Å². The van der Waals surface area contributed by atoms with E-state index in [1.54, 1.807) is 17.9 Å². The van der Waals surface area contributed by atoms with Gasteiger partial charge in [0, 0.05) is 18.3 Å². The van der Waals surface area contributed by atoms with Crippen LogP contribution in [0.1, 0.15) is 17.5 Å². The second-order valence-electron chi connectivity index (χ2n) is 6.30. The lowest BCUT2D eigenvalue weighted by Gasteiger charge is -2.21. The SMILES string of the molecule is C[C@@H](OC(=O)/C=C/c1nc2ccccc2s1)C(=O)N1CCc2ccccc21. The third-order valence-electron chi connectivity index (χ3n) is 4.47. The number of nitrogens with zero attached hydrogens (tertiary/aromatic N) is 2. The molecule has 0 N–H and O–H groups in total. The molecule has 0 unspecified atom stereocenters. The number of thiazole rings is 1. The van der Waals surface area contributed by atoms with Crippen LogP contribution in [0.25, 0.3) is 16.3 Å². The highest BCUT2D eigenvalue weighted by atomic mass is 32.1. The minimum atomic E-state index is -0.844. The number of anilines is 1. The van der Waals surface area contributed by atoms with E-state index in [4.69, 9.17) is 4.74 Å². The zero-order valence-corrected chi connectivity index (χ0v) is 15.6. The Kier molecular flexibility index (Phi) is 4.73. The molecule has 1 amide bonds. The van der Waals surface area contributed by atoms with Gasteiger partial charge in [-0.1, -0.05) is 30.3 Å². The number of aromatic nitrogens is 1. The highest BCUT2D eigenvalue weighted by molar-refractivity contribution is 7.19. The minimum absolute atomic E-state index is 0.207. The Bertz CT molecular complexity index is 1010. The molecule has 0 fully saturated rings. The van der Waals surface area contributed by atoms with Crippen molar-refractivity contribution in [1.82, 2.24) is 4.98 Å². The van der Waals surface area contributed by atoms with Gasteiger partial charge in [-0.05, 0) is 43.2 Å². The van der Waals surface area contributed by atoms with Crippen LogP contribution in [0.4, 0.5) is 5.69 Å². The molecule has 0 aliphatic carbocycles. The van der Waals surface area contributed by atoms with Crippen LogP contribution in [-0.2, 0) is 20.7 Å². The molecule has 3 aromatic rings. The first-order chi connectivity index (χ1) is 13.1. The van der Waals surface area contributed by atoms with E-state index in [-0.39, 0.29) is 5.91 Å². The van der Waals surface area contributed by atoms with Gasteiger partial charge in [-0.3, -0.25) is 4.79 Å². The number of ether oxygens (including phenoxy) is 1. The number of esters is 1. The topological polar surface area (TPSA) is 59.5 Å². The second-order valence-corrected chi connectivity index (χ2v) is 7.36. The summed E-state index contributed by atoms with van der Waals surface area (Å²) in [4.78, 5) is 30.9. The van der Waals surface area contributed by atoms with E-state index < -0.39 is 12.1 Å². The van der Waals surface area contributed by atoms with Gasteiger partial charge < -0.3 is 9.64 Å². The summed E-state index contributed by atoms with van der Waals surface area (Å²) in [6.07, 6.45) is 2.91. The Morgan fingerprint density at radius 2 is 1.96 bits per heavy atom. The minimum Gasteiger partial charge on any atom is -0.449 e. The molecule has 2 heterocycles. The van der Waals surface area contributed by atoms with E-state index >= 15 is 0 Å². The van der Waals surface area contributed by atoms with Crippen LogP contribution in [-0.4, -0.2) is 29.5 Å². The summed E-state index contributed by atoms with van der Waals surface area (Å²) in [5.74, 6) is -0.760. The van der Waals surface area contributed by atoms with Crippen LogP contribution in [0.15, 0.2) is 54.6 Å². The largest absolute Gasteiger partial charge is 0.449 e. The Balaban J connectivity index is 1.39. The van der Waals surface area contributed by atoms with Crippen LogP contribution in [0.3, 0.4) is 0 Å². The number of carbonyl (C=O) groups is 2. The summed E-state index contributed by atoms with van der Waals surface area (Å²) in [6.45, 7) is 2.22. The van der Waals surface area contributed by atoms with Crippen molar-refractivity contribution in [1.29, 1.82) is 0 Å². The molecule has 1 atom stereocenters. The van der Waals surface area contributed by atoms with Gasteiger partial charge in [0.1, 0.15) is 5.01 Å². The maximum Gasteiger partial charge on any atom is 0.331 e. The molecule has 4 rings (SSSR count). The van der Waals surface area contributed by atoms with Crippen LogP contribution in [0.2, 0.25) is 0 Å². The van der Waals surface area contributed by atoms with Crippen molar-refractivity contribution in [3.63, 3.8) is 0 Å². The Labute approximate surface area is 160 Å². The third-order valence-corrected chi connectivity index (χ3v) is 5.47. The molecule has 6 heteroatoms. The van der Waals surface area contributed by atoms with Gasteiger partial charge in [-0.2, -0.15) is 0 Å². The molecule has 2 aromatic carbocycles. The van der Waals surface area contributed by atoms with Crippen molar-refractivity contribution in [2.24, 2.45) is 0 Å². The molecule has 1 aliphatic rings. The Hall–Kier alpha value is -2.99. The predicted octanol–water partition coefficient (Wildman–Crippen LogP) is 3.83. The van der Waals surface area contributed by atoms with Crippen LogP contribution in [0, 0.1) is 0 Å². The lowest BCUT2D eigenvalue weighted by atomic mass is 10.2. The molecule has 27 heavy (non-hydrogen) atoms. The second kappa shape index (κ2) is 7.32. The number of fused-ring (bicyclic) bond motifs is 2. The van der Waals surface area contributed by atoms with Gasteiger partial charge in [0.2, 0.25) is 0 Å². The summed E-state index contributed by atoms with van der Waals surface area (Å²) in [5, 5.41) is 0.723. The number of para-hydroxylation sites is 2. The average molecular weight is 378 g/mol. The summed E-state index contributed by atoms with van der Waals surface area (Å²) < 4.78 is 6.35. The maximum absolute atomic E-state index is 12.6. The van der Waals surface area contributed by atoms with Crippen molar-refractivity contribution in [2.45, 2.75) is 19.4 Å². The molecule has 0 saturated heterocycles. The number of hydrogen-bond acceptors (Lipinski definition) is 5. The molecule has 5 nitrogen and oxygen atoms in total. The lowest BCUT2D eigenvalue weighted by Crippen LogP contribution is -2.38. The fraction of sp³-hybridized carbons (Fsp3) is 0.190. The Morgan fingerprint density at radius 1 is 1.19 bits per heavy atom. The van der Waals surface area contributed by atoms with Crippen LogP contribution < -0.4 is 4.90 Å². The molecule has 0 saturated carbocycles. The fourth-order valence-corrected chi connectivity index (χ4v) is 4.02. The summed E-state index contributed by atoms with van der Waals surface area (Å²) in [6, 6.07) is 15.6. The first-order valence-corrected chi connectivity index (χ1v) is 9.57. The van der Waals surface area contributed by atoms with E-state index in [9.17, 15) is 9.59 Å². The fourth-order valence-electron chi connectivity index (χ4n) is 3.15. The summed E-state index contributed by atoms with van der Waals surface area (Å²) >= 11 is 1.50. The van der Waals surface area contributed by atoms with Crippen molar-refractivity contribution in [2.75, 3.05) is 11.4 Å². The molecule has 1 aliphatic heterocycles. The van der Waals surface area contributed by atoms with Crippen molar-refractivity contribution in [3.05, 3.63) is 65.2 Å². The lowest BCUT2D eigenvalue weighted by molar-refractivity contribution is -0.149. The molecule has 1 aromatic heterocycles. The van der Waals surface area contributed by atoms with Gasteiger partial charge in [-0.25, -0.2) is 9.78 Å². The zero-order chi connectivity index (χ0) is 18.8. The van der Waals surface area contributed by atoms with E-state index in [0.717, 1.165) is 32.9 Å². The number of rotatable bonds is 4. The van der Waals surface area contributed by atoms with E-state index in [2.05, 4.69) is 4.98 Å². The third kappa shape index (κ3) is 3.61. The molecule has 0 spiro atoms. The van der Waals surface area contributed by atoms with Crippen LogP contribution >= 0.6 is 11.3 Å². The smallest absolute Gasteiger partial charge is 0.331 e. The number of benzene rings is 2. The number of amides is 1. The number of carbonyl (C=O) groups excluding carboxylic acids is 2. The molecule has 0 radical (unpaired) electrons. The highest BCUT2D eigenvalue weighted by Crippen LogP contribution is 2.28. The molecule has 136 valence electrons. The van der Waals surface area contributed by atoms with Gasteiger partial charge in [0.15, 0.2) is 6.10 Å². The quantitative estimate of drug-likeness (QED) is 0.511. The van der Waals surface area contributed by atoms with Crippen LogP contribution in [0.5, 0.6) is 0 Å². The zero-order valence-electron chi connectivity index (χ0n) is 14.8. The maximum atomic E-state index is 12.6. The summed E-state index contributed by atoms with van der Waals surface area (Å²) in [7, 11) is 0. The summed E-state index contributed by atoms with van der Waals surface area (Å²) in [5.41, 5.74) is 2.93. The van der Waals surface area contributed by atoms with E-state index in [1.807, 2.05) is 48.5 Å². The Morgan fingerprint density at radius 3 is 2.81 bits per heavy atom.